The first-order valence-corrected chi connectivity index (χ1v) is 7.43. The van der Waals surface area contributed by atoms with Crippen molar-refractivity contribution >= 4 is 29.3 Å². The molecule has 2 amide bonds. The molecule has 1 aromatic rings. The maximum absolute atomic E-state index is 11.9. The van der Waals surface area contributed by atoms with Gasteiger partial charge in [-0.2, -0.15) is 0 Å². The lowest BCUT2D eigenvalue weighted by molar-refractivity contribution is 0.0601. The van der Waals surface area contributed by atoms with E-state index in [0.29, 0.717) is 10.7 Å². The summed E-state index contributed by atoms with van der Waals surface area (Å²) >= 11 is 5.93. The lowest BCUT2D eigenvalue weighted by Crippen LogP contribution is -2.39. The Kier molecular flexibility index (Phi) is 5.44. The number of carbonyl (C=O) groups is 2. The van der Waals surface area contributed by atoms with Gasteiger partial charge in [-0.15, -0.1) is 0 Å². The fraction of sp³-hybridized carbons (Fsp3) is 0.467. The molecule has 6 heteroatoms. The Morgan fingerprint density at radius 2 is 1.95 bits per heavy atom. The van der Waals surface area contributed by atoms with Crippen LogP contribution in [0.3, 0.4) is 0 Å². The van der Waals surface area contributed by atoms with E-state index in [1.165, 1.54) is 19.6 Å². The van der Waals surface area contributed by atoms with Crippen molar-refractivity contribution in [2.45, 2.75) is 38.1 Å². The minimum absolute atomic E-state index is 0.228. The zero-order valence-electron chi connectivity index (χ0n) is 11.9. The molecule has 1 fully saturated rings. The van der Waals surface area contributed by atoms with E-state index in [2.05, 4.69) is 15.4 Å². The Bertz CT molecular complexity index is 528. The quantitative estimate of drug-likeness (QED) is 0.838. The van der Waals surface area contributed by atoms with Gasteiger partial charge >= 0.3 is 12.0 Å². The van der Waals surface area contributed by atoms with E-state index in [1.54, 1.807) is 12.1 Å². The number of esters is 1. The second kappa shape index (κ2) is 7.31. The molecule has 0 aliphatic heterocycles. The highest BCUT2D eigenvalue weighted by molar-refractivity contribution is 6.33. The van der Waals surface area contributed by atoms with Crippen LogP contribution in [0, 0.1) is 0 Å². The number of benzene rings is 1. The molecule has 0 bridgehead atoms. The fourth-order valence-corrected chi connectivity index (χ4v) is 2.66. The van der Waals surface area contributed by atoms with Crippen molar-refractivity contribution in [1.29, 1.82) is 0 Å². The first-order chi connectivity index (χ1) is 10.1. The number of hydrogen-bond acceptors (Lipinski definition) is 3. The van der Waals surface area contributed by atoms with Crippen molar-refractivity contribution in [3.63, 3.8) is 0 Å². The average molecular weight is 311 g/mol. The largest absolute Gasteiger partial charge is 0.465 e. The Hall–Kier alpha value is -1.75. The van der Waals surface area contributed by atoms with Gasteiger partial charge in [0.2, 0.25) is 0 Å². The van der Waals surface area contributed by atoms with Crippen LogP contribution in [-0.4, -0.2) is 25.2 Å². The van der Waals surface area contributed by atoms with Gasteiger partial charge < -0.3 is 15.4 Å². The van der Waals surface area contributed by atoms with E-state index >= 15 is 0 Å². The van der Waals surface area contributed by atoms with Gasteiger partial charge in [0.25, 0.3) is 0 Å². The second-order valence-corrected chi connectivity index (χ2v) is 5.53. The minimum Gasteiger partial charge on any atom is -0.465 e. The molecule has 21 heavy (non-hydrogen) atoms. The summed E-state index contributed by atoms with van der Waals surface area (Å²) in [4.78, 5) is 23.5. The number of nitrogens with one attached hydrogen (secondary N) is 2. The summed E-state index contributed by atoms with van der Waals surface area (Å²) in [5.41, 5.74) is 0.739. The Labute approximate surface area is 129 Å². The summed E-state index contributed by atoms with van der Waals surface area (Å²) in [5, 5.41) is 5.96. The zero-order chi connectivity index (χ0) is 15.2. The predicted molar refractivity (Wildman–Crippen MR) is 81.8 cm³/mol. The third-order valence-corrected chi connectivity index (χ3v) is 3.90. The van der Waals surface area contributed by atoms with Crippen molar-refractivity contribution in [2.75, 3.05) is 12.4 Å². The van der Waals surface area contributed by atoms with Gasteiger partial charge in [0.1, 0.15) is 0 Å². The fourth-order valence-electron chi connectivity index (χ4n) is 2.47. The molecular formula is C15H19ClN2O3. The molecule has 1 aliphatic rings. The zero-order valence-corrected chi connectivity index (χ0v) is 12.7. The van der Waals surface area contributed by atoms with Crippen molar-refractivity contribution in [1.82, 2.24) is 5.32 Å². The highest BCUT2D eigenvalue weighted by Gasteiger charge is 2.16. The molecule has 114 valence electrons. The first-order valence-electron chi connectivity index (χ1n) is 7.05. The molecule has 0 unspecified atom stereocenters. The number of amides is 2. The normalized spacial score (nSPS) is 15.3. The number of carbonyl (C=O) groups excluding carboxylic acids is 2. The Balaban J connectivity index is 1.98. The number of anilines is 1. The van der Waals surface area contributed by atoms with Crippen molar-refractivity contribution in [3.05, 3.63) is 28.8 Å². The highest BCUT2D eigenvalue weighted by atomic mass is 35.5. The summed E-state index contributed by atoms with van der Waals surface area (Å²) in [6.07, 6.45) is 5.57. The van der Waals surface area contributed by atoms with Gasteiger partial charge in [0.15, 0.2) is 0 Å². The summed E-state index contributed by atoms with van der Waals surface area (Å²) in [5.74, 6) is -0.531. The summed E-state index contributed by atoms with van der Waals surface area (Å²) in [7, 11) is 1.29. The summed E-state index contributed by atoms with van der Waals surface area (Å²) in [6.45, 7) is 0. The third kappa shape index (κ3) is 4.36. The van der Waals surface area contributed by atoms with Gasteiger partial charge in [-0.25, -0.2) is 9.59 Å². The number of rotatable bonds is 3. The molecule has 0 spiro atoms. The van der Waals surface area contributed by atoms with Gasteiger partial charge in [0, 0.05) is 11.7 Å². The molecule has 0 saturated heterocycles. The van der Waals surface area contributed by atoms with Crippen LogP contribution in [0.2, 0.25) is 5.02 Å². The monoisotopic (exact) mass is 310 g/mol. The molecule has 0 radical (unpaired) electrons. The van der Waals surface area contributed by atoms with E-state index in [0.717, 1.165) is 25.7 Å². The van der Waals surface area contributed by atoms with Crippen LogP contribution >= 0.6 is 11.6 Å². The maximum atomic E-state index is 11.9. The van der Waals surface area contributed by atoms with Crippen molar-refractivity contribution in [2.24, 2.45) is 0 Å². The second-order valence-electron chi connectivity index (χ2n) is 5.12. The molecule has 0 aromatic heterocycles. The van der Waals surface area contributed by atoms with E-state index in [-0.39, 0.29) is 17.6 Å². The van der Waals surface area contributed by atoms with Crippen LogP contribution < -0.4 is 10.6 Å². The van der Waals surface area contributed by atoms with Crippen LogP contribution in [0.5, 0.6) is 0 Å². The van der Waals surface area contributed by atoms with Crippen LogP contribution in [0.15, 0.2) is 18.2 Å². The Morgan fingerprint density at radius 3 is 2.62 bits per heavy atom. The van der Waals surface area contributed by atoms with Crippen LogP contribution in [0.25, 0.3) is 0 Å². The SMILES string of the molecule is COC(=O)c1cc(NC(=O)NC2CCCCC2)ccc1Cl. The summed E-state index contributed by atoms with van der Waals surface area (Å²) < 4.78 is 4.65. The molecule has 2 rings (SSSR count). The predicted octanol–water partition coefficient (Wildman–Crippen LogP) is 3.58. The third-order valence-electron chi connectivity index (χ3n) is 3.57. The lowest BCUT2D eigenvalue weighted by Gasteiger charge is -2.22. The number of hydrogen-bond donors (Lipinski definition) is 2. The topological polar surface area (TPSA) is 67.4 Å². The summed E-state index contributed by atoms with van der Waals surface area (Å²) in [6, 6.07) is 4.68. The smallest absolute Gasteiger partial charge is 0.339 e. The van der Waals surface area contributed by atoms with Gasteiger partial charge in [-0.05, 0) is 31.0 Å². The van der Waals surface area contributed by atoms with E-state index in [9.17, 15) is 9.59 Å². The maximum Gasteiger partial charge on any atom is 0.339 e. The van der Waals surface area contributed by atoms with Crippen LogP contribution in [0.1, 0.15) is 42.5 Å². The molecule has 0 atom stereocenters. The molecular weight excluding hydrogens is 292 g/mol. The minimum atomic E-state index is -0.531. The number of halogens is 1. The van der Waals surface area contributed by atoms with Crippen molar-refractivity contribution in [3.8, 4) is 0 Å². The molecule has 1 aromatic carbocycles. The van der Waals surface area contributed by atoms with E-state index in [4.69, 9.17) is 11.6 Å². The molecule has 1 aliphatic carbocycles. The van der Waals surface area contributed by atoms with Gasteiger partial charge in [-0.1, -0.05) is 30.9 Å². The first kappa shape index (κ1) is 15.6. The molecule has 2 N–H and O–H groups in total. The highest BCUT2D eigenvalue weighted by Crippen LogP contribution is 2.22. The number of methoxy groups -OCH3 is 1. The average Bonchev–Trinajstić information content (AvgIpc) is 2.49. The van der Waals surface area contributed by atoms with E-state index < -0.39 is 5.97 Å². The Morgan fingerprint density at radius 1 is 1.24 bits per heavy atom. The van der Waals surface area contributed by atoms with E-state index in [1.807, 2.05) is 0 Å². The number of urea groups is 1. The molecule has 1 saturated carbocycles. The molecule has 5 nitrogen and oxygen atoms in total. The molecule has 0 heterocycles. The van der Waals surface area contributed by atoms with Crippen LogP contribution in [-0.2, 0) is 4.74 Å². The standard InChI is InChI=1S/C15H19ClN2O3/c1-21-14(19)12-9-11(7-8-13(12)16)18-15(20)17-10-5-3-2-4-6-10/h7-10H,2-6H2,1H3,(H2,17,18,20). The number of ether oxygens (including phenoxy) is 1. The lowest BCUT2D eigenvalue weighted by atomic mass is 9.96. The van der Waals surface area contributed by atoms with Gasteiger partial charge in [0.05, 0.1) is 17.7 Å². The van der Waals surface area contributed by atoms with Gasteiger partial charge in [-0.3, -0.25) is 0 Å². The van der Waals surface area contributed by atoms with Crippen LogP contribution in [0.4, 0.5) is 10.5 Å². The van der Waals surface area contributed by atoms with Crippen molar-refractivity contribution < 1.29 is 14.3 Å².